The zero-order valence-corrected chi connectivity index (χ0v) is 24.4. The predicted molar refractivity (Wildman–Crippen MR) is 156 cm³/mol. The molecule has 0 atom stereocenters. The fraction of sp³-hybridized carbons (Fsp3) is 0.0741. The van der Waals surface area contributed by atoms with Crippen molar-refractivity contribution in [2.45, 2.75) is 9.79 Å². The summed E-state index contributed by atoms with van der Waals surface area (Å²) in [5, 5.41) is 3.06. The van der Waals surface area contributed by atoms with Gasteiger partial charge in [0.05, 0.1) is 28.3 Å². The van der Waals surface area contributed by atoms with Gasteiger partial charge in [-0.05, 0) is 91.0 Å². The highest BCUT2D eigenvalue weighted by atomic mass is 35.5. The first-order valence-electron chi connectivity index (χ1n) is 11.7. The minimum Gasteiger partial charge on any atom is -0.497 e. The molecule has 4 aromatic rings. The minimum atomic E-state index is -4.28. The van der Waals surface area contributed by atoms with E-state index in [0.29, 0.717) is 5.75 Å². The number of halogens is 3. The lowest BCUT2D eigenvalue weighted by molar-refractivity contribution is -0.114. The Hall–Kier alpha value is -3.84. The summed E-state index contributed by atoms with van der Waals surface area (Å²) < 4.78 is 74.2. The molecule has 4 aromatic carbocycles. The molecule has 0 radical (unpaired) electrons. The summed E-state index contributed by atoms with van der Waals surface area (Å²) in [5.74, 6) is -0.858. The Bertz CT molecular complexity index is 1750. The Morgan fingerprint density at radius 2 is 1.37 bits per heavy atom. The van der Waals surface area contributed by atoms with E-state index in [1.807, 2.05) is 0 Å². The topological polar surface area (TPSA) is 122 Å². The molecule has 0 saturated heterocycles. The summed E-state index contributed by atoms with van der Waals surface area (Å²) in [6.45, 7) is -0.636. The normalized spacial score (nSPS) is 11.5. The number of methoxy groups -OCH3 is 1. The molecule has 9 nitrogen and oxygen atoms in total. The molecule has 2 N–H and O–H groups in total. The van der Waals surface area contributed by atoms with E-state index in [1.165, 1.54) is 73.8 Å². The highest BCUT2D eigenvalue weighted by molar-refractivity contribution is 7.93. The van der Waals surface area contributed by atoms with Crippen LogP contribution in [0.1, 0.15) is 0 Å². The van der Waals surface area contributed by atoms with Gasteiger partial charge < -0.3 is 10.1 Å². The van der Waals surface area contributed by atoms with Crippen LogP contribution in [0.25, 0.3) is 0 Å². The van der Waals surface area contributed by atoms with Crippen molar-refractivity contribution in [3.8, 4) is 5.75 Å². The number of carbonyl (C=O) groups excluding carboxylic acids is 1. The number of carbonyl (C=O) groups is 1. The molecule has 0 fully saturated rings. The second-order valence-electron chi connectivity index (χ2n) is 8.50. The second kappa shape index (κ2) is 12.4. The molecule has 0 heterocycles. The number of hydrogen-bond donors (Lipinski definition) is 2. The first-order valence-corrected chi connectivity index (χ1v) is 15.4. The van der Waals surface area contributed by atoms with Gasteiger partial charge in [-0.25, -0.2) is 21.2 Å². The zero-order valence-electron chi connectivity index (χ0n) is 21.2. The third-order valence-corrected chi connectivity index (χ3v) is 9.23. The molecular formula is C27H22Cl2FN3O6S2. The molecule has 0 bridgehead atoms. The fourth-order valence-corrected chi connectivity index (χ4v) is 6.66. The summed E-state index contributed by atoms with van der Waals surface area (Å²) >= 11 is 11.9. The number of rotatable bonds is 10. The van der Waals surface area contributed by atoms with Crippen molar-refractivity contribution in [2.75, 3.05) is 28.0 Å². The Kier molecular flexibility index (Phi) is 9.08. The first kappa shape index (κ1) is 30.1. The summed E-state index contributed by atoms with van der Waals surface area (Å²) in [7, 11) is -6.84. The van der Waals surface area contributed by atoms with Crippen molar-refractivity contribution in [1.29, 1.82) is 0 Å². The number of amides is 1. The van der Waals surface area contributed by atoms with Gasteiger partial charge in [0.2, 0.25) is 5.91 Å². The number of ether oxygens (including phenoxy) is 1. The maximum Gasteiger partial charge on any atom is 0.264 e. The quantitative estimate of drug-likeness (QED) is 0.227. The van der Waals surface area contributed by atoms with Gasteiger partial charge in [-0.2, -0.15) is 0 Å². The molecule has 0 aromatic heterocycles. The van der Waals surface area contributed by atoms with Crippen LogP contribution >= 0.6 is 23.2 Å². The molecule has 0 aliphatic rings. The molecule has 4 rings (SSSR count). The molecular weight excluding hydrogens is 616 g/mol. The van der Waals surface area contributed by atoms with Crippen LogP contribution in [0.3, 0.4) is 0 Å². The number of anilines is 3. The molecule has 41 heavy (non-hydrogen) atoms. The molecule has 14 heteroatoms. The Morgan fingerprint density at radius 3 is 1.93 bits per heavy atom. The highest BCUT2D eigenvalue weighted by Gasteiger charge is 2.27. The minimum absolute atomic E-state index is 0.106. The maximum absolute atomic E-state index is 13.4. The average Bonchev–Trinajstić information content (AvgIpc) is 2.91. The lowest BCUT2D eigenvalue weighted by Gasteiger charge is -2.24. The molecule has 0 unspecified atom stereocenters. The Balaban J connectivity index is 1.53. The first-order chi connectivity index (χ1) is 19.4. The largest absolute Gasteiger partial charge is 0.497 e. The van der Waals surface area contributed by atoms with E-state index >= 15 is 0 Å². The molecule has 214 valence electrons. The number of nitrogens with one attached hydrogen (secondary N) is 2. The molecule has 0 aliphatic carbocycles. The van der Waals surface area contributed by atoms with E-state index in [4.69, 9.17) is 27.9 Å². The van der Waals surface area contributed by atoms with E-state index in [-0.39, 0.29) is 36.9 Å². The number of hydrogen-bond acceptors (Lipinski definition) is 6. The SMILES string of the molecule is COc1ccc(N(CC(=O)Nc2ccc(S(=O)(=O)Nc3cc(Cl)cc(Cl)c3)cc2)S(=O)(=O)c2ccc(F)cc2)cc1. The number of benzene rings is 4. The van der Waals surface area contributed by atoms with Crippen LogP contribution in [0.5, 0.6) is 5.75 Å². The van der Waals surface area contributed by atoms with Crippen LogP contribution < -0.4 is 19.1 Å². The summed E-state index contributed by atoms with van der Waals surface area (Å²) in [5.41, 5.74) is 0.549. The Labute approximate surface area is 246 Å². The Morgan fingerprint density at radius 1 is 0.805 bits per heavy atom. The van der Waals surface area contributed by atoms with Crippen molar-refractivity contribution in [3.05, 3.63) is 107 Å². The zero-order chi connectivity index (χ0) is 29.8. The lowest BCUT2D eigenvalue weighted by Crippen LogP contribution is -2.38. The van der Waals surface area contributed by atoms with E-state index in [0.717, 1.165) is 28.6 Å². The third-order valence-electron chi connectivity index (χ3n) is 5.61. The standard InChI is InChI=1S/C27H22Cl2FN3O6S2/c1-39-24-8-6-23(7-9-24)33(41(37,38)26-10-2-20(30)3-11-26)17-27(34)31-21-4-12-25(13-5-21)40(35,36)32-22-15-18(28)14-19(29)16-22/h2-16,32H,17H2,1H3,(H,31,34). The highest BCUT2D eigenvalue weighted by Crippen LogP contribution is 2.27. The van der Waals surface area contributed by atoms with Gasteiger partial charge in [-0.3, -0.25) is 13.8 Å². The van der Waals surface area contributed by atoms with Crippen LogP contribution in [0.15, 0.2) is 101 Å². The number of nitrogens with zero attached hydrogens (tertiary/aromatic N) is 1. The molecule has 0 aliphatic heterocycles. The van der Waals surface area contributed by atoms with Crippen LogP contribution in [0.2, 0.25) is 10.0 Å². The predicted octanol–water partition coefficient (Wildman–Crippen LogP) is 5.78. The van der Waals surface area contributed by atoms with Gasteiger partial charge >= 0.3 is 0 Å². The maximum atomic E-state index is 13.4. The van der Waals surface area contributed by atoms with Crippen LogP contribution in [-0.4, -0.2) is 36.4 Å². The van der Waals surface area contributed by atoms with Crippen LogP contribution in [0, 0.1) is 5.82 Å². The molecule has 0 spiro atoms. The van der Waals surface area contributed by atoms with Gasteiger partial charge in [0.1, 0.15) is 18.1 Å². The second-order valence-corrected chi connectivity index (χ2v) is 12.9. The van der Waals surface area contributed by atoms with Crippen molar-refractivity contribution in [1.82, 2.24) is 0 Å². The molecule has 1 amide bonds. The van der Waals surface area contributed by atoms with Crippen molar-refractivity contribution < 1.29 is 30.8 Å². The van der Waals surface area contributed by atoms with Gasteiger partial charge in [-0.15, -0.1) is 0 Å². The van der Waals surface area contributed by atoms with Crippen LogP contribution in [0.4, 0.5) is 21.5 Å². The lowest BCUT2D eigenvalue weighted by atomic mass is 10.3. The summed E-state index contributed by atoms with van der Waals surface area (Å²) in [6.07, 6.45) is 0. The van der Waals surface area contributed by atoms with Crippen LogP contribution in [-0.2, 0) is 24.8 Å². The van der Waals surface area contributed by atoms with E-state index in [9.17, 15) is 26.0 Å². The van der Waals surface area contributed by atoms with Gasteiger partial charge in [0.25, 0.3) is 20.0 Å². The molecule has 0 saturated carbocycles. The summed E-state index contributed by atoms with van der Waals surface area (Å²) in [6, 6.07) is 19.7. The van der Waals surface area contributed by atoms with Gasteiger partial charge in [0, 0.05) is 15.7 Å². The van der Waals surface area contributed by atoms with Gasteiger partial charge in [-0.1, -0.05) is 23.2 Å². The third kappa shape index (κ3) is 7.47. The monoisotopic (exact) mass is 637 g/mol. The van der Waals surface area contributed by atoms with Crippen molar-refractivity contribution >= 4 is 66.2 Å². The van der Waals surface area contributed by atoms with Gasteiger partial charge in [0.15, 0.2) is 0 Å². The fourth-order valence-electron chi connectivity index (χ4n) is 3.67. The summed E-state index contributed by atoms with van der Waals surface area (Å²) in [4.78, 5) is 12.7. The smallest absolute Gasteiger partial charge is 0.264 e. The van der Waals surface area contributed by atoms with E-state index in [1.54, 1.807) is 0 Å². The van der Waals surface area contributed by atoms with E-state index < -0.39 is 38.3 Å². The average molecular weight is 639 g/mol. The van der Waals surface area contributed by atoms with Crippen molar-refractivity contribution in [3.63, 3.8) is 0 Å². The van der Waals surface area contributed by atoms with Crippen molar-refractivity contribution in [2.24, 2.45) is 0 Å². The van der Waals surface area contributed by atoms with E-state index in [2.05, 4.69) is 10.0 Å². The number of sulfonamides is 2.